The second kappa shape index (κ2) is 4.66. The van der Waals surface area contributed by atoms with Crippen molar-refractivity contribution < 1.29 is 9.53 Å². The second-order valence-electron chi connectivity index (χ2n) is 5.04. The number of nitrogens with one attached hydrogen (secondary N) is 1. The number of aromatic nitrogens is 3. The van der Waals surface area contributed by atoms with Gasteiger partial charge in [-0.2, -0.15) is 5.10 Å². The first kappa shape index (κ1) is 13.0. The van der Waals surface area contributed by atoms with Crippen LogP contribution in [0.4, 0.5) is 0 Å². The first-order valence-corrected chi connectivity index (χ1v) is 5.90. The number of ether oxygens (including phenoxy) is 1. The zero-order chi connectivity index (χ0) is 13.3. The fourth-order valence-corrected chi connectivity index (χ4v) is 2.09. The molecule has 3 N–H and O–H groups in total. The number of aryl methyl sites for hydroxylation is 1. The highest BCUT2D eigenvalue weighted by molar-refractivity contribution is 5.83. The van der Waals surface area contributed by atoms with Gasteiger partial charge in [0.25, 0.3) is 0 Å². The summed E-state index contributed by atoms with van der Waals surface area (Å²) in [5, 5.41) is 6.77. The Labute approximate surface area is 106 Å². The number of rotatable bonds is 3. The number of carbonyl (C=O) groups excluding carboxylic acids is 1. The van der Waals surface area contributed by atoms with Crippen molar-refractivity contribution in [2.24, 2.45) is 11.1 Å². The summed E-state index contributed by atoms with van der Waals surface area (Å²) in [5.74, 6) is 1.30. The van der Waals surface area contributed by atoms with E-state index in [9.17, 15) is 4.79 Å². The van der Waals surface area contributed by atoms with Gasteiger partial charge in [0.05, 0.1) is 25.2 Å². The Morgan fingerprint density at radius 1 is 1.72 bits per heavy atom. The van der Waals surface area contributed by atoms with Gasteiger partial charge in [0.1, 0.15) is 5.82 Å². The van der Waals surface area contributed by atoms with Gasteiger partial charge in [0.2, 0.25) is 5.91 Å². The van der Waals surface area contributed by atoms with Crippen molar-refractivity contribution >= 4 is 5.91 Å². The predicted octanol–water partition coefficient (Wildman–Crippen LogP) is -0.565. The molecule has 100 valence electrons. The van der Waals surface area contributed by atoms with E-state index in [0.29, 0.717) is 25.6 Å². The topological polar surface area (TPSA) is 97.1 Å². The first-order chi connectivity index (χ1) is 8.43. The van der Waals surface area contributed by atoms with E-state index in [-0.39, 0.29) is 11.9 Å². The Morgan fingerprint density at radius 2 is 2.44 bits per heavy atom. The highest BCUT2D eigenvalue weighted by atomic mass is 16.5. The van der Waals surface area contributed by atoms with Gasteiger partial charge in [-0.05, 0) is 13.8 Å². The minimum atomic E-state index is -0.653. The highest BCUT2D eigenvalue weighted by Gasteiger charge is 2.45. The maximum absolute atomic E-state index is 12.4. The molecule has 7 heteroatoms. The molecule has 7 nitrogen and oxygen atoms in total. The smallest absolute Gasteiger partial charge is 0.232 e. The lowest BCUT2D eigenvalue weighted by Gasteiger charge is -2.30. The molecule has 1 amide bonds. The molecule has 1 fully saturated rings. The van der Waals surface area contributed by atoms with Crippen LogP contribution >= 0.6 is 0 Å². The van der Waals surface area contributed by atoms with E-state index in [4.69, 9.17) is 10.5 Å². The Balaban J connectivity index is 2.05. The fourth-order valence-electron chi connectivity index (χ4n) is 2.09. The van der Waals surface area contributed by atoms with Gasteiger partial charge >= 0.3 is 0 Å². The van der Waals surface area contributed by atoms with Crippen LogP contribution in [-0.4, -0.2) is 52.3 Å². The second-order valence-corrected chi connectivity index (χ2v) is 5.04. The number of hydrogen-bond acceptors (Lipinski definition) is 5. The molecule has 2 rings (SSSR count). The van der Waals surface area contributed by atoms with Crippen molar-refractivity contribution in [2.45, 2.75) is 26.4 Å². The summed E-state index contributed by atoms with van der Waals surface area (Å²) < 4.78 is 5.29. The predicted molar refractivity (Wildman–Crippen MR) is 64.5 cm³/mol. The Bertz CT molecular complexity index is 446. The minimum absolute atomic E-state index is 0.0325. The van der Waals surface area contributed by atoms with E-state index in [1.54, 1.807) is 11.9 Å². The fraction of sp³-hybridized carbons (Fsp3) is 0.727. The van der Waals surface area contributed by atoms with Crippen LogP contribution in [-0.2, 0) is 16.1 Å². The third-order valence-corrected chi connectivity index (χ3v) is 3.38. The molecule has 1 aliphatic rings. The number of carbonyl (C=O) groups is 1. The average Bonchev–Trinajstić information content (AvgIpc) is 2.86. The van der Waals surface area contributed by atoms with Crippen LogP contribution < -0.4 is 5.73 Å². The molecule has 0 aromatic carbocycles. The molecule has 2 heterocycles. The summed E-state index contributed by atoms with van der Waals surface area (Å²) in [6, 6.07) is -0.263. The quantitative estimate of drug-likeness (QED) is 0.752. The van der Waals surface area contributed by atoms with Crippen molar-refractivity contribution in [1.82, 2.24) is 20.1 Å². The Hall–Kier alpha value is -1.47. The molecule has 1 aliphatic heterocycles. The van der Waals surface area contributed by atoms with E-state index in [2.05, 4.69) is 15.2 Å². The Kier molecular flexibility index (Phi) is 3.36. The summed E-state index contributed by atoms with van der Waals surface area (Å²) in [4.78, 5) is 18.2. The van der Waals surface area contributed by atoms with Gasteiger partial charge in [0.15, 0.2) is 5.82 Å². The molecule has 2 unspecified atom stereocenters. The number of nitrogens with zero attached hydrogens (tertiary/aromatic N) is 3. The number of nitrogens with two attached hydrogens (primary N) is 1. The van der Waals surface area contributed by atoms with Gasteiger partial charge < -0.3 is 15.4 Å². The highest BCUT2D eigenvalue weighted by Crippen LogP contribution is 2.29. The van der Waals surface area contributed by atoms with Crippen LogP contribution in [0.1, 0.15) is 18.6 Å². The average molecular weight is 253 g/mol. The van der Waals surface area contributed by atoms with Gasteiger partial charge in [-0.3, -0.25) is 9.89 Å². The molecule has 0 saturated carbocycles. The summed E-state index contributed by atoms with van der Waals surface area (Å²) >= 11 is 0. The molecule has 0 aliphatic carbocycles. The van der Waals surface area contributed by atoms with E-state index >= 15 is 0 Å². The van der Waals surface area contributed by atoms with Crippen molar-refractivity contribution in [3.63, 3.8) is 0 Å². The zero-order valence-corrected chi connectivity index (χ0v) is 10.9. The van der Waals surface area contributed by atoms with Gasteiger partial charge in [-0.25, -0.2) is 4.98 Å². The molecule has 0 spiro atoms. The van der Waals surface area contributed by atoms with E-state index < -0.39 is 5.41 Å². The van der Waals surface area contributed by atoms with E-state index in [1.807, 2.05) is 13.8 Å². The third kappa shape index (κ3) is 2.23. The molecule has 2 atom stereocenters. The lowest BCUT2D eigenvalue weighted by molar-refractivity contribution is -0.141. The number of amides is 1. The number of hydrogen-bond donors (Lipinski definition) is 2. The number of H-pyrrole nitrogens is 1. The van der Waals surface area contributed by atoms with Crippen LogP contribution in [0.2, 0.25) is 0 Å². The monoisotopic (exact) mass is 253 g/mol. The van der Waals surface area contributed by atoms with Crippen LogP contribution in [0.15, 0.2) is 0 Å². The maximum Gasteiger partial charge on any atom is 0.232 e. The van der Waals surface area contributed by atoms with Gasteiger partial charge in [-0.15, -0.1) is 0 Å². The van der Waals surface area contributed by atoms with Gasteiger partial charge in [0, 0.05) is 13.1 Å². The molecular weight excluding hydrogens is 234 g/mol. The first-order valence-electron chi connectivity index (χ1n) is 5.90. The third-order valence-electron chi connectivity index (χ3n) is 3.38. The van der Waals surface area contributed by atoms with E-state index in [0.717, 1.165) is 5.82 Å². The lowest BCUT2D eigenvalue weighted by Crippen LogP contribution is -2.50. The molecule has 0 radical (unpaired) electrons. The number of aromatic amines is 1. The van der Waals surface area contributed by atoms with Crippen LogP contribution in [0.5, 0.6) is 0 Å². The SMILES string of the molecule is Cc1nc(CN(C)C(=O)C2(C)COCC2N)n[nH]1. The van der Waals surface area contributed by atoms with Gasteiger partial charge in [-0.1, -0.05) is 0 Å². The van der Waals surface area contributed by atoms with Crippen LogP contribution in [0.25, 0.3) is 0 Å². The molecular formula is C11H19N5O2. The van der Waals surface area contributed by atoms with Crippen molar-refractivity contribution in [1.29, 1.82) is 0 Å². The summed E-state index contributed by atoms with van der Waals surface area (Å²) in [7, 11) is 1.73. The largest absolute Gasteiger partial charge is 0.379 e. The normalized spacial score (nSPS) is 27.4. The summed E-state index contributed by atoms with van der Waals surface area (Å²) in [6.07, 6.45) is 0. The molecule has 1 saturated heterocycles. The summed E-state index contributed by atoms with van der Waals surface area (Å²) in [6.45, 7) is 4.82. The molecule has 1 aromatic rings. The standard InChI is InChI=1S/C11H19N5O2/c1-7-13-9(15-14-7)4-16(3)10(17)11(2)6-18-5-8(11)12/h8H,4-6,12H2,1-3H3,(H,13,14,15). The zero-order valence-electron chi connectivity index (χ0n) is 10.9. The summed E-state index contributed by atoms with van der Waals surface area (Å²) in [5.41, 5.74) is 5.29. The molecule has 0 bridgehead atoms. The van der Waals surface area contributed by atoms with Crippen molar-refractivity contribution in [3.05, 3.63) is 11.6 Å². The Morgan fingerprint density at radius 3 is 2.94 bits per heavy atom. The van der Waals surface area contributed by atoms with Crippen LogP contribution in [0.3, 0.4) is 0 Å². The van der Waals surface area contributed by atoms with Crippen molar-refractivity contribution in [3.8, 4) is 0 Å². The van der Waals surface area contributed by atoms with Crippen molar-refractivity contribution in [2.75, 3.05) is 20.3 Å². The van der Waals surface area contributed by atoms with Crippen LogP contribution in [0, 0.1) is 12.3 Å². The lowest BCUT2D eigenvalue weighted by atomic mass is 9.84. The maximum atomic E-state index is 12.4. The van der Waals surface area contributed by atoms with E-state index in [1.165, 1.54) is 0 Å². The molecule has 18 heavy (non-hydrogen) atoms. The minimum Gasteiger partial charge on any atom is -0.379 e. The molecule has 1 aromatic heterocycles.